The molecule has 2 heterocycles. The fourth-order valence-electron chi connectivity index (χ4n) is 5.36. The van der Waals surface area contributed by atoms with Gasteiger partial charge in [0, 0.05) is 36.6 Å². The lowest BCUT2D eigenvalue weighted by molar-refractivity contribution is -0.126. The Morgan fingerprint density at radius 3 is 2.60 bits per heavy atom. The van der Waals surface area contributed by atoms with Gasteiger partial charge in [0.25, 0.3) is 5.91 Å². The van der Waals surface area contributed by atoms with Crippen LogP contribution < -0.4 is 5.32 Å². The summed E-state index contributed by atoms with van der Waals surface area (Å²) in [4.78, 5) is 33.4. The Labute approximate surface area is 205 Å². The zero-order chi connectivity index (χ0) is 24.5. The van der Waals surface area contributed by atoms with Crippen molar-refractivity contribution in [3.05, 3.63) is 75.7 Å². The van der Waals surface area contributed by atoms with Crippen molar-refractivity contribution in [2.45, 2.75) is 58.9 Å². The molecule has 5 nitrogen and oxygen atoms in total. The Hall–Kier alpha value is -3.28. The maximum absolute atomic E-state index is 13.8. The number of hydrogen-bond donors (Lipinski definition) is 1. The molecule has 2 aliphatic rings. The molecule has 0 spiro atoms. The lowest BCUT2D eigenvalue weighted by Gasteiger charge is -2.33. The van der Waals surface area contributed by atoms with Crippen LogP contribution in [0.5, 0.6) is 0 Å². The number of aromatic nitrogens is 1. The smallest absolute Gasteiger partial charge is 0.254 e. The number of rotatable bonds is 4. The molecule has 1 aromatic heterocycles. The minimum atomic E-state index is -0.260. The molecule has 6 heteroatoms. The largest absolute Gasteiger partial charge is 0.352 e. The van der Waals surface area contributed by atoms with Crippen molar-refractivity contribution >= 4 is 22.7 Å². The molecule has 2 aromatic carbocycles. The van der Waals surface area contributed by atoms with Crippen LogP contribution in [-0.4, -0.2) is 34.8 Å². The van der Waals surface area contributed by atoms with E-state index in [0.29, 0.717) is 38.0 Å². The van der Waals surface area contributed by atoms with Crippen molar-refractivity contribution in [3.63, 3.8) is 0 Å². The summed E-state index contributed by atoms with van der Waals surface area (Å²) in [7, 11) is 0. The average Bonchev–Trinajstić information content (AvgIpc) is 2.87. The summed E-state index contributed by atoms with van der Waals surface area (Å²) in [6, 6.07) is 11.2. The predicted molar refractivity (Wildman–Crippen MR) is 135 cm³/mol. The molecule has 182 valence electrons. The fraction of sp³-hybridized carbons (Fsp3) is 0.414. The van der Waals surface area contributed by atoms with E-state index in [9.17, 15) is 14.0 Å². The van der Waals surface area contributed by atoms with Crippen molar-refractivity contribution in [1.82, 2.24) is 15.2 Å². The number of amides is 2. The molecule has 1 saturated heterocycles. The molecule has 0 radical (unpaired) electrons. The van der Waals surface area contributed by atoms with Gasteiger partial charge in [0.05, 0.1) is 11.1 Å². The minimum absolute atomic E-state index is 0.0274. The highest BCUT2D eigenvalue weighted by atomic mass is 19.1. The Balaban J connectivity index is 1.28. The van der Waals surface area contributed by atoms with Gasteiger partial charge in [-0.3, -0.25) is 14.6 Å². The normalized spacial score (nSPS) is 16.3. The number of aryl methyl sites for hydroxylation is 3. The van der Waals surface area contributed by atoms with E-state index in [4.69, 9.17) is 4.98 Å². The van der Waals surface area contributed by atoms with Crippen LogP contribution in [0.3, 0.4) is 0 Å². The van der Waals surface area contributed by atoms with Gasteiger partial charge in [-0.05, 0) is 87.3 Å². The van der Waals surface area contributed by atoms with E-state index in [-0.39, 0.29) is 23.5 Å². The van der Waals surface area contributed by atoms with Gasteiger partial charge in [-0.15, -0.1) is 0 Å². The number of likely N-dealkylation sites (tertiary alicyclic amines) is 1. The number of carbonyl (C=O) groups excluding carboxylic acids is 2. The molecular formula is C29H32FN3O2. The number of hydrogen-bond acceptors (Lipinski definition) is 3. The highest BCUT2D eigenvalue weighted by Crippen LogP contribution is 2.32. The van der Waals surface area contributed by atoms with E-state index in [1.807, 2.05) is 30.0 Å². The van der Waals surface area contributed by atoms with Crippen molar-refractivity contribution in [2.24, 2.45) is 5.92 Å². The third-order valence-electron chi connectivity index (χ3n) is 7.49. The van der Waals surface area contributed by atoms with Crippen molar-refractivity contribution < 1.29 is 14.0 Å². The zero-order valence-corrected chi connectivity index (χ0v) is 20.5. The Bertz CT molecular complexity index is 1290. The second kappa shape index (κ2) is 9.76. The molecular weight excluding hydrogens is 441 g/mol. The number of piperidine rings is 1. The van der Waals surface area contributed by atoms with Gasteiger partial charge in [0.2, 0.25) is 5.91 Å². The quantitative estimate of drug-likeness (QED) is 0.578. The van der Waals surface area contributed by atoms with E-state index in [1.165, 1.54) is 6.07 Å². The molecule has 35 heavy (non-hydrogen) atoms. The van der Waals surface area contributed by atoms with Gasteiger partial charge in [-0.1, -0.05) is 23.8 Å². The van der Waals surface area contributed by atoms with E-state index in [0.717, 1.165) is 64.5 Å². The van der Waals surface area contributed by atoms with Crippen molar-refractivity contribution in [1.29, 1.82) is 0 Å². The topological polar surface area (TPSA) is 62.3 Å². The average molecular weight is 474 g/mol. The van der Waals surface area contributed by atoms with E-state index >= 15 is 0 Å². The first-order valence-corrected chi connectivity index (χ1v) is 12.6. The minimum Gasteiger partial charge on any atom is -0.352 e. The third-order valence-corrected chi connectivity index (χ3v) is 7.49. The monoisotopic (exact) mass is 473 g/mol. The zero-order valence-electron chi connectivity index (χ0n) is 20.5. The third kappa shape index (κ3) is 4.79. The molecule has 0 unspecified atom stereocenters. The molecule has 0 saturated carbocycles. The summed E-state index contributed by atoms with van der Waals surface area (Å²) in [5, 5.41) is 3.89. The molecule has 0 atom stereocenters. The van der Waals surface area contributed by atoms with Gasteiger partial charge in [0.15, 0.2) is 0 Å². The highest BCUT2D eigenvalue weighted by Gasteiger charge is 2.31. The SMILES string of the molecule is Cc1ccc2nc3c(c(C(=O)N4CCC(C(=O)NCc5ccc(C)c(F)c5)CC4)c2c1)CCCC3. The first kappa shape index (κ1) is 23.5. The number of nitrogens with zero attached hydrogens (tertiary/aromatic N) is 2. The number of benzene rings is 2. The number of fused-ring (bicyclic) bond motifs is 2. The predicted octanol–water partition coefficient (Wildman–Crippen LogP) is 5.04. The highest BCUT2D eigenvalue weighted by molar-refractivity contribution is 6.08. The van der Waals surface area contributed by atoms with Gasteiger partial charge in [0.1, 0.15) is 5.82 Å². The fourth-order valence-corrected chi connectivity index (χ4v) is 5.36. The Morgan fingerprint density at radius 1 is 1.06 bits per heavy atom. The van der Waals surface area contributed by atoms with Crippen LogP contribution in [0.15, 0.2) is 36.4 Å². The van der Waals surface area contributed by atoms with Crippen LogP contribution in [-0.2, 0) is 24.2 Å². The van der Waals surface area contributed by atoms with Crippen LogP contribution in [0, 0.1) is 25.6 Å². The van der Waals surface area contributed by atoms with Gasteiger partial charge < -0.3 is 10.2 Å². The number of nitrogens with one attached hydrogen (secondary N) is 1. The first-order valence-electron chi connectivity index (χ1n) is 12.6. The molecule has 2 amide bonds. The molecule has 1 fully saturated rings. The number of pyridine rings is 1. The van der Waals surface area contributed by atoms with Crippen molar-refractivity contribution in [3.8, 4) is 0 Å². The molecule has 0 bridgehead atoms. The van der Waals surface area contributed by atoms with E-state index in [1.54, 1.807) is 13.0 Å². The summed E-state index contributed by atoms with van der Waals surface area (Å²) >= 11 is 0. The lowest BCUT2D eigenvalue weighted by atomic mass is 9.88. The summed E-state index contributed by atoms with van der Waals surface area (Å²) < 4.78 is 13.8. The van der Waals surface area contributed by atoms with Crippen LogP contribution in [0.2, 0.25) is 0 Å². The van der Waals surface area contributed by atoms with Crippen LogP contribution in [0.25, 0.3) is 10.9 Å². The van der Waals surface area contributed by atoms with Crippen LogP contribution >= 0.6 is 0 Å². The van der Waals surface area contributed by atoms with Crippen LogP contribution in [0.1, 0.15) is 64.0 Å². The van der Waals surface area contributed by atoms with Crippen LogP contribution in [0.4, 0.5) is 4.39 Å². The summed E-state index contributed by atoms with van der Waals surface area (Å²) in [6.07, 6.45) is 5.27. The lowest BCUT2D eigenvalue weighted by Crippen LogP contribution is -2.43. The second-order valence-corrected chi connectivity index (χ2v) is 10.0. The molecule has 1 aliphatic carbocycles. The number of carbonyl (C=O) groups is 2. The second-order valence-electron chi connectivity index (χ2n) is 10.0. The molecule has 1 aliphatic heterocycles. The molecule has 1 N–H and O–H groups in total. The van der Waals surface area contributed by atoms with Crippen molar-refractivity contribution in [2.75, 3.05) is 13.1 Å². The molecule has 3 aromatic rings. The standard InChI is InChI=1S/C29H32FN3O2/c1-18-7-10-26-23(15-18)27(22-5-3-4-6-25(22)32-26)29(35)33-13-11-21(12-14-33)28(34)31-17-20-9-8-19(2)24(30)16-20/h7-10,15-16,21H,3-6,11-14,17H2,1-2H3,(H,31,34). The van der Waals surface area contributed by atoms with Gasteiger partial charge >= 0.3 is 0 Å². The summed E-state index contributed by atoms with van der Waals surface area (Å²) in [6.45, 7) is 5.19. The maximum atomic E-state index is 13.8. The Morgan fingerprint density at radius 2 is 1.83 bits per heavy atom. The maximum Gasteiger partial charge on any atom is 0.254 e. The summed E-state index contributed by atoms with van der Waals surface area (Å²) in [5.41, 5.74) is 6.35. The van der Waals surface area contributed by atoms with Gasteiger partial charge in [-0.2, -0.15) is 0 Å². The van der Waals surface area contributed by atoms with E-state index in [2.05, 4.69) is 11.4 Å². The molecule has 5 rings (SSSR count). The van der Waals surface area contributed by atoms with E-state index < -0.39 is 0 Å². The Kier molecular flexibility index (Phi) is 6.54. The summed E-state index contributed by atoms with van der Waals surface area (Å²) in [5.74, 6) is -0.361. The number of halogens is 1. The first-order chi connectivity index (χ1) is 16.9. The van der Waals surface area contributed by atoms with Gasteiger partial charge in [-0.25, -0.2) is 4.39 Å².